The fourth-order valence-corrected chi connectivity index (χ4v) is 3.93. The van der Waals surface area contributed by atoms with Gasteiger partial charge in [0.2, 0.25) is 5.88 Å². The lowest BCUT2D eigenvalue weighted by Crippen LogP contribution is -2.36. The van der Waals surface area contributed by atoms with E-state index in [0.29, 0.717) is 44.7 Å². The SMILES string of the molecule is COCCOC.c1cc(COc2cc(N3CCOCC3)nc(-c3ccn[nH]3)n2)nc(N2CCCC2)c1. The summed E-state index contributed by atoms with van der Waals surface area (Å²) < 4.78 is 20.8. The van der Waals surface area contributed by atoms with E-state index in [1.807, 2.05) is 24.3 Å². The summed E-state index contributed by atoms with van der Waals surface area (Å²) in [6, 6.07) is 9.82. The third-order valence-corrected chi connectivity index (χ3v) is 5.85. The van der Waals surface area contributed by atoms with Crippen LogP contribution in [0.1, 0.15) is 18.5 Å². The molecule has 36 heavy (non-hydrogen) atoms. The summed E-state index contributed by atoms with van der Waals surface area (Å²) in [5.41, 5.74) is 1.64. The lowest BCUT2D eigenvalue weighted by molar-refractivity contribution is 0.103. The van der Waals surface area contributed by atoms with Crippen LogP contribution < -0.4 is 14.5 Å². The molecule has 194 valence electrons. The van der Waals surface area contributed by atoms with Crippen molar-refractivity contribution in [3.8, 4) is 17.4 Å². The van der Waals surface area contributed by atoms with Crippen molar-refractivity contribution in [2.45, 2.75) is 19.4 Å². The van der Waals surface area contributed by atoms with Crippen molar-refractivity contribution in [3.05, 3.63) is 42.2 Å². The predicted octanol–water partition coefficient (Wildman–Crippen LogP) is 2.56. The molecule has 2 fully saturated rings. The summed E-state index contributed by atoms with van der Waals surface area (Å²) >= 11 is 0. The molecule has 11 heteroatoms. The summed E-state index contributed by atoms with van der Waals surface area (Å²) in [4.78, 5) is 18.6. The number of ether oxygens (including phenoxy) is 4. The molecule has 0 spiro atoms. The van der Waals surface area contributed by atoms with Gasteiger partial charge in [0.05, 0.1) is 32.1 Å². The third-order valence-electron chi connectivity index (χ3n) is 5.85. The first-order valence-electron chi connectivity index (χ1n) is 12.3. The van der Waals surface area contributed by atoms with Crippen LogP contribution in [0.4, 0.5) is 11.6 Å². The first kappa shape index (κ1) is 25.8. The van der Waals surface area contributed by atoms with Crippen molar-refractivity contribution in [3.63, 3.8) is 0 Å². The molecule has 0 aromatic carbocycles. The summed E-state index contributed by atoms with van der Waals surface area (Å²) in [5.74, 6) is 2.92. The molecule has 2 aliphatic heterocycles. The largest absolute Gasteiger partial charge is 0.471 e. The molecular formula is C25H35N7O4. The maximum absolute atomic E-state index is 6.06. The van der Waals surface area contributed by atoms with Gasteiger partial charge in [0.25, 0.3) is 0 Å². The number of aromatic amines is 1. The number of morpholine rings is 1. The van der Waals surface area contributed by atoms with E-state index in [2.05, 4.69) is 40.5 Å². The van der Waals surface area contributed by atoms with Crippen LogP contribution in [0.25, 0.3) is 11.5 Å². The molecule has 0 unspecified atom stereocenters. The zero-order valence-corrected chi connectivity index (χ0v) is 21.1. The molecule has 0 amide bonds. The van der Waals surface area contributed by atoms with Crippen LogP contribution in [0.15, 0.2) is 36.5 Å². The summed E-state index contributed by atoms with van der Waals surface area (Å²) in [6.07, 6.45) is 4.14. The van der Waals surface area contributed by atoms with Crippen LogP contribution in [0.2, 0.25) is 0 Å². The van der Waals surface area contributed by atoms with Crippen molar-refractivity contribution in [1.29, 1.82) is 0 Å². The highest BCUT2D eigenvalue weighted by Gasteiger charge is 2.17. The normalized spacial score (nSPS) is 15.5. The topological polar surface area (TPSA) is 111 Å². The van der Waals surface area contributed by atoms with E-state index in [1.54, 1.807) is 20.4 Å². The van der Waals surface area contributed by atoms with Crippen LogP contribution in [0.3, 0.4) is 0 Å². The van der Waals surface area contributed by atoms with Gasteiger partial charge in [0.1, 0.15) is 23.9 Å². The quantitative estimate of drug-likeness (QED) is 0.443. The zero-order valence-electron chi connectivity index (χ0n) is 21.1. The molecule has 1 N–H and O–H groups in total. The molecule has 11 nitrogen and oxygen atoms in total. The fraction of sp³-hybridized carbons (Fsp3) is 0.520. The van der Waals surface area contributed by atoms with Gasteiger partial charge in [-0.1, -0.05) is 6.07 Å². The van der Waals surface area contributed by atoms with Gasteiger partial charge in [-0.05, 0) is 31.0 Å². The van der Waals surface area contributed by atoms with Crippen molar-refractivity contribution in [2.75, 3.05) is 76.6 Å². The Bertz CT molecular complexity index is 1030. The van der Waals surface area contributed by atoms with Crippen LogP contribution in [0, 0.1) is 0 Å². The van der Waals surface area contributed by atoms with Crippen molar-refractivity contribution >= 4 is 11.6 Å². The van der Waals surface area contributed by atoms with Crippen molar-refractivity contribution < 1.29 is 18.9 Å². The maximum Gasteiger partial charge on any atom is 0.219 e. The second-order valence-corrected chi connectivity index (χ2v) is 8.41. The van der Waals surface area contributed by atoms with E-state index in [4.69, 9.17) is 19.4 Å². The van der Waals surface area contributed by atoms with Crippen LogP contribution >= 0.6 is 0 Å². The molecule has 0 aliphatic carbocycles. The molecule has 5 rings (SSSR count). The molecule has 2 aliphatic rings. The Balaban J connectivity index is 0.000000455. The number of nitrogens with one attached hydrogen (secondary N) is 1. The van der Waals surface area contributed by atoms with Gasteiger partial charge in [0.15, 0.2) is 5.82 Å². The van der Waals surface area contributed by atoms with E-state index in [0.717, 1.165) is 49.2 Å². The number of anilines is 2. The minimum absolute atomic E-state index is 0.351. The van der Waals surface area contributed by atoms with Crippen LogP contribution in [0.5, 0.6) is 5.88 Å². The number of pyridine rings is 1. The summed E-state index contributed by atoms with van der Waals surface area (Å²) in [7, 11) is 3.30. The van der Waals surface area contributed by atoms with Crippen molar-refractivity contribution in [2.24, 2.45) is 0 Å². The first-order chi connectivity index (χ1) is 17.8. The molecule has 3 aromatic rings. The second kappa shape index (κ2) is 13.7. The van der Waals surface area contributed by atoms with Gasteiger partial charge >= 0.3 is 0 Å². The Morgan fingerprint density at radius 2 is 1.64 bits per heavy atom. The highest BCUT2D eigenvalue weighted by molar-refractivity contribution is 5.54. The number of rotatable bonds is 9. The first-order valence-corrected chi connectivity index (χ1v) is 12.3. The number of hydrogen-bond donors (Lipinski definition) is 1. The molecule has 0 atom stereocenters. The van der Waals surface area contributed by atoms with E-state index in [9.17, 15) is 0 Å². The van der Waals surface area contributed by atoms with Crippen LogP contribution in [-0.2, 0) is 20.8 Å². The van der Waals surface area contributed by atoms with E-state index >= 15 is 0 Å². The van der Waals surface area contributed by atoms with Gasteiger partial charge < -0.3 is 28.7 Å². The Hall–Kier alpha value is -3.28. The van der Waals surface area contributed by atoms with Crippen molar-refractivity contribution in [1.82, 2.24) is 25.1 Å². The van der Waals surface area contributed by atoms with Gasteiger partial charge in [-0.3, -0.25) is 5.10 Å². The van der Waals surface area contributed by atoms with Gasteiger partial charge in [-0.25, -0.2) is 9.97 Å². The number of nitrogens with zero attached hydrogens (tertiary/aromatic N) is 6. The molecule has 3 aromatic heterocycles. The minimum Gasteiger partial charge on any atom is -0.471 e. The van der Waals surface area contributed by atoms with E-state index in [1.165, 1.54) is 12.8 Å². The van der Waals surface area contributed by atoms with Gasteiger partial charge in [-0.15, -0.1) is 0 Å². The molecular weight excluding hydrogens is 462 g/mol. The molecule has 5 heterocycles. The Labute approximate surface area is 211 Å². The Morgan fingerprint density at radius 3 is 2.33 bits per heavy atom. The lowest BCUT2D eigenvalue weighted by atomic mass is 10.3. The predicted molar refractivity (Wildman–Crippen MR) is 136 cm³/mol. The lowest BCUT2D eigenvalue weighted by Gasteiger charge is -2.28. The standard InChI is InChI=1S/C21H25N7O2.C4H10O2/c1-2-9-27(8-1)18-5-3-4-16(23-18)15-30-20-14-19(28-10-12-29-13-11-28)24-21(25-20)17-6-7-22-26-17;1-5-3-4-6-2/h3-7,14H,1-2,8-13,15H2,(H,22,26);3-4H2,1-2H3. The third kappa shape index (κ3) is 7.36. The number of methoxy groups -OCH3 is 2. The summed E-state index contributed by atoms with van der Waals surface area (Å²) in [6.45, 7) is 6.83. The number of H-pyrrole nitrogens is 1. The Kier molecular flexibility index (Phi) is 9.83. The number of aromatic nitrogens is 5. The van der Waals surface area contributed by atoms with Gasteiger partial charge in [0, 0.05) is 52.7 Å². The molecule has 0 radical (unpaired) electrons. The second-order valence-electron chi connectivity index (χ2n) is 8.41. The van der Waals surface area contributed by atoms with E-state index < -0.39 is 0 Å². The van der Waals surface area contributed by atoms with Crippen LogP contribution in [-0.4, -0.2) is 92.0 Å². The smallest absolute Gasteiger partial charge is 0.219 e. The average molecular weight is 498 g/mol. The number of hydrogen-bond acceptors (Lipinski definition) is 10. The molecule has 2 saturated heterocycles. The summed E-state index contributed by atoms with van der Waals surface area (Å²) in [5, 5.41) is 6.95. The van der Waals surface area contributed by atoms with Gasteiger partial charge in [-0.2, -0.15) is 10.1 Å². The monoisotopic (exact) mass is 497 g/mol. The fourth-order valence-electron chi connectivity index (χ4n) is 3.93. The molecule has 0 saturated carbocycles. The highest BCUT2D eigenvalue weighted by Crippen LogP contribution is 2.24. The maximum atomic E-state index is 6.06. The van der Waals surface area contributed by atoms with E-state index in [-0.39, 0.29) is 0 Å². The average Bonchev–Trinajstić information content (AvgIpc) is 3.67. The Morgan fingerprint density at radius 1 is 0.889 bits per heavy atom. The molecule has 0 bridgehead atoms. The highest BCUT2D eigenvalue weighted by atomic mass is 16.5. The zero-order chi connectivity index (χ0) is 25.0. The minimum atomic E-state index is 0.351.